The lowest BCUT2D eigenvalue weighted by atomic mass is 9.78. The maximum absolute atomic E-state index is 2.54. The SMILES string of the molecule is CC1(C)c2cc(C3=c4ccccc4=C(c4ccccc4)Cc4ccccc43)c3ccccc3c2-c2ccc3ccccc3c21. The summed E-state index contributed by atoms with van der Waals surface area (Å²) >= 11 is 0. The fraction of sp³-hybridized carbons (Fsp3) is 0.0909. The van der Waals surface area contributed by atoms with Crippen LogP contribution in [0.15, 0.2) is 146 Å². The van der Waals surface area contributed by atoms with Gasteiger partial charge in [0.25, 0.3) is 0 Å². The van der Waals surface area contributed by atoms with Gasteiger partial charge in [0.2, 0.25) is 0 Å². The van der Waals surface area contributed by atoms with Crippen LogP contribution in [0.2, 0.25) is 0 Å². The minimum atomic E-state index is -0.143. The molecule has 0 fully saturated rings. The Morgan fingerprint density at radius 2 is 1.16 bits per heavy atom. The lowest BCUT2D eigenvalue weighted by molar-refractivity contribution is 0.666. The number of fused-ring (bicyclic) bond motifs is 9. The molecule has 2 aliphatic rings. The highest BCUT2D eigenvalue weighted by molar-refractivity contribution is 6.11. The maximum Gasteiger partial charge on any atom is 0.0165 e. The Hall–Kier alpha value is -5.20. The van der Waals surface area contributed by atoms with Gasteiger partial charge in [-0.3, -0.25) is 0 Å². The predicted molar refractivity (Wildman–Crippen MR) is 185 cm³/mol. The van der Waals surface area contributed by atoms with E-state index >= 15 is 0 Å². The smallest absolute Gasteiger partial charge is 0.0165 e. The van der Waals surface area contributed by atoms with Gasteiger partial charge in [0.15, 0.2) is 0 Å². The standard InChI is InChI=1S/C44H32/c1-44(2)40-27-39(34-21-11-13-23-36(34)42(40)37-25-24-29-16-6-9-19-32(29)43(37)44)41-31-18-8-7-17-30(31)26-38(28-14-4-3-5-15-28)33-20-10-12-22-35(33)41/h3-25,27H,26H2,1-2H3. The first-order chi connectivity index (χ1) is 21.6. The van der Waals surface area contributed by atoms with Crippen LogP contribution in [0.5, 0.6) is 0 Å². The van der Waals surface area contributed by atoms with E-state index in [0.29, 0.717) is 0 Å². The second-order valence-corrected chi connectivity index (χ2v) is 12.8. The number of benzene rings is 7. The Bertz CT molecular complexity index is 2420. The minimum absolute atomic E-state index is 0.143. The summed E-state index contributed by atoms with van der Waals surface area (Å²) in [6.45, 7) is 4.84. The average molecular weight is 561 g/mol. The summed E-state index contributed by atoms with van der Waals surface area (Å²) in [6, 6.07) is 54.2. The first-order valence-electron chi connectivity index (χ1n) is 15.7. The molecule has 0 radical (unpaired) electrons. The normalized spacial score (nSPS) is 14.6. The quantitative estimate of drug-likeness (QED) is 0.198. The second-order valence-electron chi connectivity index (χ2n) is 12.8. The molecular weight excluding hydrogens is 528 g/mol. The van der Waals surface area contributed by atoms with E-state index in [1.807, 2.05) is 0 Å². The second kappa shape index (κ2) is 9.40. The van der Waals surface area contributed by atoms with Gasteiger partial charge >= 0.3 is 0 Å². The van der Waals surface area contributed by atoms with Gasteiger partial charge in [0, 0.05) is 5.41 Å². The van der Waals surface area contributed by atoms with Gasteiger partial charge in [-0.1, -0.05) is 153 Å². The van der Waals surface area contributed by atoms with E-state index in [9.17, 15) is 0 Å². The molecular formula is C44H32. The Kier molecular flexibility index (Phi) is 5.41. The highest BCUT2D eigenvalue weighted by Gasteiger charge is 2.39. The van der Waals surface area contributed by atoms with E-state index in [-0.39, 0.29) is 5.41 Å². The third-order valence-corrected chi connectivity index (χ3v) is 10.1. The first-order valence-corrected chi connectivity index (χ1v) is 15.7. The van der Waals surface area contributed by atoms with Crippen molar-refractivity contribution in [2.24, 2.45) is 0 Å². The summed E-state index contributed by atoms with van der Waals surface area (Å²) in [5.41, 5.74) is 13.5. The predicted octanol–water partition coefficient (Wildman–Crippen LogP) is 9.30. The molecule has 7 aromatic carbocycles. The average Bonchev–Trinajstić information content (AvgIpc) is 3.21. The van der Waals surface area contributed by atoms with Gasteiger partial charge in [-0.2, -0.15) is 0 Å². The summed E-state index contributed by atoms with van der Waals surface area (Å²) in [5, 5.41) is 7.94. The van der Waals surface area contributed by atoms with E-state index in [1.165, 1.54) is 87.6 Å². The van der Waals surface area contributed by atoms with Gasteiger partial charge in [-0.25, -0.2) is 0 Å². The van der Waals surface area contributed by atoms with Gasteiger partial charge in [-0.15, -0.1) is 0 Å². The Morgan fingerprint density at radius 1 is 0.500 bits per heavy atom. The molecule has 0 saturated carbocycles. The van der Waals surface area contributed by atoms with E-state index in [4.69, 9.17) is 0 Å². The largest absolute Gasteiger partial charge is 0.0622 e. The van der Waals surface area contributed by atoms with Crippen LogP contribution in [-0.4, -0.2) is 0 Å². The summed E-state index contributed by atoms with van der Waals surface area (Å²) in [4.78, 5) is 0. The van der Waals surface area contributed by atoms with Crippen molar-refractivity contribution in [3.63, 3.8) is 0 Å². The number of hydrogen-bond donors (Lipinski definition) is 0. The molecule has 0 heterocycles. The highest BCUT2D eigenvalue weighted by atomic mass is 14.4. The first kappa shape index (κ1) is 25.3. The third kappa shape index (κ3) is 3.52. The lowest BCUT2D eigenvalue weighted by Gasteiger charge is -2.25. The number of rotatable bonds is 2. The lowest BCUT2D eigenvalue weighted by Crippen LogP contribution is -2.29. The van der Waals surface area contributed by atoms with Gasteiger partial charge in [0.1, 0.15) is 0 Å². The molecule has 2 aliphatic carbocycles. The molecule has 7 aromatic rings. The molecule has 0 atom stereocenters. The molecule has 0 unspecified atom stereocenters. The van der Waals surface area contributed by atoms with Crippen LogP contribution in [0.3, 0.4) is 0 Å². The van der Waals surface area contributed by atoms with Gasteiger partial charge in [-0.05, 0) is 100 Å². The summed E-state index contributed by atoms with van der Waals surface area (Å²) in [7, 11) is 0. The molecule has 0 nitrogen and oxygen atoms in total. The van der Waals surface area contributed by atoms with Crippen molar-refractivity contribution in [2.75, 3.05) is 0 Å². The fourth-order valence-corrected chi connectivity index (χ4v) is 8.15. The molecule has 0 bridgehead atoms. The van der Waals surface area contributed by atoms with Crippen LogP contribution in [0.1, 0.15) is 47.2 Å². The minimum Gasteiger partial charge on any atom is -0.0622 e. The Balaban J connectivity index is 1.46. The van der Waals surface area contributed by atoms with Crippen molar-refractivity contribution in [3.8, 4) is 11.1 Å². The molecule has 208 valence electrons. The van der Waals surface area contributed by atoms with E-state index < -0.39 is 0 Å². The molecule has 0 N–H and O–H groups in total. The summed E-state index contributed by atoms with van der Waals surface area (Å²) in [6.07, 6.45) is 0.895. The van der Waals surface area contributed by atoms with Crippen molar-refractivity contribution in [1.29, 1.82) is 0 Å². The maximum atomic E-state index is 2.54. The van der Waals surface area contributed by atoms with E-state index in [1.54, 1.807) is 0 Å². The molecule has 0 heteroatoms. The zero-order chi connectivity index (χ0) is 29.4. The molecule has 9 rings (SSSR count). The topological polar surface area (TPSA) is 0 Å². The van der Waals surface area contributed by atoms with Gasteiger partial charge in [0.05, 0.1) is 0 Å². The highest BCUT2D eigenvalue weighted by Crippen LogP contribution is 2.54. The van der Waals surface area contributed by atoms with Crippen LogP contribution < -0.4 is 10.4 Å². The van der Waals surface area contributed by atoms with Crippen LogP contribution in [0.4, 0.5) is 0 Å². The summed E-state index contributed by atoms with van der Waals surface area (Å²) < 4.78 is 0. The molecule has 44 heavy (non-hydrogen) atoms. The zero-order valence-electron chi connectivity index (χ0n) is 25.1. The zero-order valence-corrected chi connectivity index (χ0v) is 25.1. The van der Waals surface area contributed by atoms with Crippen molar-refractivity contribution >= 4 is 32.7 Å². The molecule has 0 aliphatic heterocycles. The molecule has 0 spiro atoms. The third-order valence-electron chi connectivity index (χ3n) is 10.1. The monoisotopic (exact) mass is 560 g/mol. The van der Waals surface area contributed by atoms with Crippen molar-refractivity contribution in [1.82, 2.24) is 0 Å². The number of hydrogen-bond acceptors (Lipinski definition) is 0. The van der Waals surface area contributed by atoms with Crippen LogP contribution >= 0.6 is 0 Å². The summed E-state index contributed by atoms with van der Waals surface area (Å²) in [5.74, 6) is 0. The van der Waals surface area contributed by atoms with Crippen molar-refractivity contribution in [3.05, 3.63) is 189 Å². The Labute approximate surface area is 258 Å². The van der Waals surface area contributed by atoms with Crippen LogP contribution in [0, 0.1) is 0 Å². The van der Waals surface area contributed by atoms with Gasteiger partial charge < -0.3 is 0 Å². The molecule has 0 aromatic heterocycles. The van der Waals surface area contributed by atoms with Crippen LogP contribution in [-0.2, 0) is 11.8 Å². The Morgan fingerprint density at radius 3 is 2.00 bits per heavy atom. The fourth-order valence-electron chi connectivity index (χ4n) is 8.15. The van der Waals surface area contributed by atoms with Crippen molar-refractivity contribution in [2.45, 2.75) is 25.7 Å². The van der Waals surface area contributed by atoms with Crippen molar-refractivity contribution < 1.29 is 0 Å². The van der Waals surface area contributed by atoms with Crippen LogP contribution in [0.25, 0.3) is 43.8 Å². The molecule has 0 amide bonds. The molecule has 0 saturated heterocycles. The van der Waals surface area contributed by atoms with E-state index in [0.717, 1.165) is 6.42 Å². The van der Waals surface area contributed by atoms with E-state index in [2.05, 4.69) is 159 Å².